The predicted molar refractivity (Wildman–Crippen MR) is 109 cm³/mol. The van der Waals surface area contributed by atoms with Gasteiger partial charge in [0.2, 0.25) is 0 Å². The van der Waals surface area contributed by atoms with Gasteiger partial charge in [-0.05, 0) is 67.8 Å². The summed E-state index contributed by atoms with van der Waals surface area (Å²) in [5, 5.41) is 6.20. The Morgan fingerprint density at radius 3 is 2.52 bits per heavy atom. The van der Waals surface area contributed by atoms with E-state index in [4.69, 9.17) is 4.74 Å². The number of aryl methyl sites for hydroxylation is 2. The molecule has 5 nitrogen and oxygen atoms in total. The molecule has 0 aliphatic rings. The summed E-state index contributed by atoms with van der Waals surface area (Å²) in [4.78, 5) is 16.8. The Labute approximate surface area is 159 Å². The van der Waals surface area contributed by atoms with E-state index in [1.165, 1.54) is 11.1 Å². The molecule has 0 aliphatic carbocycles. The van der Waals surface area contributed by atoms with Crippen LogP contribution in [0.2, 0.25) is 0 Å². The second-order valence-corrected chi connectivity index (χ2v) is 6.46. The number of pyridine rings is 1. The highest BCUT2D eigenvalue weighted by atomic mass is 16.5. The Kier molecular flexibility index (Phi) is 5.41. The van der Waals surface area contributed by atoms with Crippen LogP contribution < -0.4 is 15.4 Å². The Bertz CT molecular complexity index is 966. The SMILES string of the molecule is COc1ccc(C)cc1NC(=O)c1ccc(Nc2cccc(C)c2C)cn1. The Hall–Kier alpha value is -3.34. The van der Waals surface area contributed by atoms with Crippen LogP contribution in [0.3, 0.4) is 0 Å². The van der Waals surface area contributed by atoms with Crippen molar-refractivity contribution in [3.05, 3.63) is 77.1 Å². The van der Waals surface area contributed by atoms with Crippen LogP contribution in [0.1, 0.15) is 27.2 Å². The van der Waals surface area contributed by atoms with Crippen molar-refractivity contribution in [3.63, 3.8) is 0 Å². The van der Waals surface area contributed by atoms with Crippen molar-refractivity contribution < 1.29 is 9.53 Å². The molecule has 1 amide bonds. The van der Waals surface area contributed by atoms with Crippen LogP contribution in [0.15, 0.2) is 54.7 Å². The molecule has 1 aromatic heterocycles. The third-order valence-corrected chi connectivity index (χ3v) is 4.48. The first-order valence-corrected chi connectivity index (χ1v) is 8.73. The highest BCUT2D eigenvalue weighted by Crippen LogP contribution is 2.26. The zero-order chi connectivity index (χ0) is 19.4. The zero-order valence-corrected chi connectivity index (χ0v) is 16.0. The van der Waals surface area contributed by atoms with Crippen molar-refractivity contribution in [2.24, 2.45) is 0 Å². The molecule has 0 fully saturated rings. The quantitative estimate of drug-likeness (QED) is 0.670. The highest BCUT2D eigenvalue weighted by molar-refractivity contribution is 6.03. The molecule has 5 heteroatoms. The molecule has 0 saturated carbocycles. The minimum atomic E-state index is -0.280. The number of benzene rings is 2. The van der Waals surface area contributed by atoms with Gasteiger partial charge >= 0.3 is 0 Å². The standard InChI is InChI=1S/C22H23N3O2/c1-14-8-11-21(27-4)20(12-14)25-22(26)19-10-9-17(13-23-19)24-18-7-5-6-15(2)16(18)3/h5-13,24H,1-4H3,(H,25,26). The molecule has 0 aliphatic heterocycles. The molecular formula is C22H23N3O2. The van der Waals surface area contributed by atoms with E-state index in [1.54, 1.807) is 19.4 Å². The van der Waals surface area contributed by atoms with Crippen LogP contribution in [-0.2, 0) is 0 Å². The van der Waals surface area contributed by atoms with E-state index in [0.29, 0.717) is 17.1 Å². The molecule has 2 N–H and O–H groups in total. The summed E-state index contributed by atoms with van der Waals surface area (Å²) in [6.45, 7) is 6.11. The smallest absolute Gasteiger partial charge is 0.274 e. The van der Waals surface area contributed by atoms with Gasteiger partial charge in [-0.25, -0.2) is 4.98 Å². The van der Waals surface area contributed by atoms with E-state index in [9.17, 15) is 4.79 Å². The summed E-state index contributed by atoms with van der Waals surface area (Å²) in [5.41, 5.74) is 6.26. The number of nitrogens with one attached hydrogen (secondary N) is 2. The fourth-order valence-corrected chi connectivity index (χ4v) is 2.75. The van der Waals surface area contributed by atoms with Crippen LogP contribution in [-0.4, -0.2) is 18.0 Å². The molecule has 0 atom stereocenters. The average molecular weight is 361 g/mol. The molecular weight excluding hydrogens is 338 g/mol. The fourth-order valence-electron chi connectivity index (χ4n) is 2.75. The molecule has 0 bridgehead atoms. The number of aromatic nitrogens is 1. The number of carbonyl (C=O) groups is 1. The maximum Gasteiger partial charge on any atom is 0.274 e. The van der Waals surface area contributed by atoms with Crippen LogP contribution in [0.25, 0.3) is 0 Å². The number of amides is 1. The molecule has 138 valence electrons. The van der Waals surface area contributed by atoms with Crippen molar-refractivity contribution in [1.29, 1.82) is 0 Å². The molecule has 0 radical (unpaired) electrons. The lowest BCUT2D eigenvalue weighted by Gasteiger charge is -2.12. The van der Waals surface area contributed by atoms with Crippen molar-refractivity contribution in [3.8, 4) is 5.75 Å². The van der Waals surface area contributed by atoms with Crippen molar-refractivity contribution in [1.82, 2.24) is 4.98 Å². The number of ether oxygens (including phenoxy) is 1. The second-order valence-electron chi connectivity index (χ2n) is 6.46. The first kappa shape index (κ1) is 18.5. The number of hydrogen-bond acceptors (Lipinski definition) is 4. The van der Waals surface area contributed by atoms with Crippen LogP contribution in [0.4, 0.5) is 17.1 Å². The summed E-state index contributed by atoms with van der Waals surface area (Å²) in [7, 11) is 1.58. The minimum absolute atomic E-state index is 0.280. The zero-order valence-electron chi connectivity index (χ0n) is 16.0. The average Bonchev–Trinajstić information content (AvgIpc) is 2.66. The highest BCUT2D eigenvalue weighted by Gasteiger charge is 2.11. The maximum absolute atomic E-state index is 12.5. The fraction of sp³-hybridized carbons (Fsp3) is 0.182. The lowest BCUT2D eigenvalue weighted by Crippen LogP contribution is -2.14. The number of methoxy groups -OCH3 is 1. The molecule has 3 rings (SSSR count). The number of carbonyl (C=O) groups excluding carboxylic acids is 1. The summed E-state index contributed by atoms with van der Waals surface area (Å²) in [6, 6.07) is 15.3. The van der Waals surface area contributed by atoms with Crippen LogP contribution in [0.5, 0.6) is 5.75 Å². The normalized spacial score (nSPS) is 10.4. The van der Waals surface area contributed by atoms with Gasteiger partial charge < -0.3 is 15.4 Å². The van der Waals surface area contributed by atoms with Gasteiger partial charge in [0.1, 0.15) is 11.4 Å². The third-order valence-electron chi connectivity index (χ3n) is 4.48. The lowest BCUT2D eigenvalue weighted by molar-refractivity contribution is 0.102. The molecule has 2 aromatic carbocycles. The van der Waals surface area contributed by atoms with E-state index in [0.717, 1.165) is 16.9 Å². The van der Waals surface area contributed by atoms with Crippen molar-refractivity contribution >= 4 is 23.0 Å². The van der Waals surface area contributed by atoms with Gasteiger partial charge in [0, 0.05) is 5.69 Å². The van der Waals surface area contributed by atoms with E-state index < -0.39 is 0 Å². The Morgan fingerprint density at radius 1 is 1.00 bits per heavy atom. The molecule has 27 heavy (non-hydrogen) atoms. The number of anilines is 3. The van der Waals surface area contributed by atoms with Crippen LogP contribution >= 0.6 is 0 Å². The van der Waals surface area contributed by atoms with Crippen molar-refractivity contribution in [2.75, 3.05) is 17.7 Å². The number of nitrogens with zero attached hydrogens (tertiary/aromatic N) is 1. The minimum Gasteiger partial charge on any atom is -0.495 e. The van der Waals surface area contributed by atoms with Gasteiger partial charge in [-0.1, -0.05) is 18.2 Å². The Balaban J connectivity index is 1.74. The predicted octanol–water partition coefficient (Wildman–Crippen LogP) is 5.01. The number of rotatable bonds is 5. The first-order chi connectivity index (χ1) is 13.0. The summed E-state index contributed by atoms with van der Waals surface area (Å²) >= 11 is 0. The summed E-state index contributed by atoms with van der Waals surface area (Å²) < 4.78 is 5.30. The van der Waals surface area contributed by atoms with Crippen LogP contribution in [0, 0.1) is 20.8 Å². The van der Waals surface area contributed by atoms with Gasteiger partial charge in [0.25, 0.3) is 5.91 Å². The summed E-state index contributed by atoms with van der Waals surface area (Å²) in [5.74, 6) is 0.333. The molecule has 0 spiro atoms. The maximum atomic E-state index is 12.5. The molecule has 0 saturated heterocycles. The third kappa shape index (κ3) is 4.26. The monoisotopic (exact) mass is 361 g/mol. The first-order valence-electron chi connectivity index (χ1n) is 8.73. The second kappa shape index (κ2) is 7.91. The number of hydrogen-bond donors (Lipinski definition) is 2. The van der Waals surface area contributed by atoms with E-state index in [1.807, 2.05) is 43.3 Å². The van der Waals surface area contributed by atoms with Gasteiger partial charge in [0.15, 0.2) is 0 Å². The lowest BCUT2D eigenvalue weighted by atomic mass is 10.1. The summed E-state index contributed by atoms with van der Waals surface area (Å²) in [6.07, 6.45) is 1.66. The largest absolute Gasteiger partial charge is 0.495 e. The Morgan fingerprint density at radius 2 is 1.81 bits per heavy atom. The van der Waals surface area contributed by atoms with E-state index >= 15 is 0 Å². The van der Waals surface area contributed by atoms with Gasteiger partial charge in [-0.3, -0.25) is 4.79 Å². The topological polar surface area (TPSA) is 63.2 Å². The van der Waals surface area contributed by atoms with Gasteiger partial charge in [0.05, 0.1) is 24.7 Å². The molecule has 0 unspecified atom stereocenters. The molecule has 1 heterocycles. The van der Waals surface area contributed by atoms with Gasteiger partial charge in [-0.15, -0.1) is 0 Å². The van der Waals surface area contributed by atoms with E-state index in [2.05, 4.69) is 35.5 Å². The van der Waals surface area contributed by atoms with Gasteiger partial charge in [-0.2, -0.15) is 0 Å². The van der Waals surface area contributed by atoms with E-state index in [-0.39, 0.29) is 5.91 Å². The molecule has 3 aromatic rings. The van der Waals surface area contributed by atoms with Crippen molar-refractivity contribution in [2.45, 2.75) is 20.8 Å².